The Kier molecular flexibility index (Phi) is 4.59. The quantitative estimate of drug-likeness (QED) is 0.652. The third-order valence-electron chi connectivity index (χ3n) is 2.88. The first-order valence-corrected chi connectivity index (χ1v) is 7.19. The molecular formula is C16H8ClF3N4O. The van der Waals surface area contributed by atoms with Crippen LogP contribution in [0.2, 0.25) is 5.15 Å². The average Bonchev–Trinajstić information content (AvgIpc) is 2.94. The van der Waals surface area contributed by atoms with Crippen LogP contribution in [0.25, 0.3) is 5.69 Å². The van der Waals surface area contributed by atoms with E-state index >= 15 is 0 Å². The Bertz CT molecular complexity index is 928. The Morgan fingerprint density at radius 3 is 2.36 bits per heavy atom. The van der Waals surface area contributed by atoms with E-state index in [1.54, 1.807) is 24.7 Å². The Morgan fingerprint density at radius 1 is 1.04 bits per heavy atom. The van der Waals surface area contributed by atoms with Crippen LogP contribution in [0.1, 0.15) is 11.4 Å². The highest BCUT2D eigenvalue weighted by molar-refractivity contribution is 6.30. The molecule has 0 aliphatic heterocycles. The lowest BCUT2D eigenvalue weighted by Crippen LogP contribution is -2.17. The van der Waals surface area contributed by atoms with Gasteiger partial charge < -0.3 is 4.74 Å². The number of nitrogens with zero attached hydrogens (tertiary/aromatic N) is 4. The second-order valence-corrected chi connectivity index (χ2v) is 5.00. The minimum absolute atomic E-state index is 0.152. The number of hydrogen-bond donors (Lipinski definition) is 0. The minimum atomic E-state index is -4.74. The van der Waals surface area contributed by atoms with Gasteiger partial charge in [-0.1, -0.05) is 17.5 Å². The zero-order chi connectivity index (χ0) is 17.9. The topological polar surface area (TPSA) is 52.8 Å². The third kappa shape index (κ3) is 4.49. The standard InChI is InChI=1S/C16H8ClF3N4O/c17-15-11(2-7-14-21-8-1-9-22-14)10-24(23-15)12-3-5-13(6-4-12)25-16(18,19)20/h1,3-6,8-10H. The van der Waals surface area contributed by atoms with Crippen molar-refractivity contribution in [3.05, 3.63) is 65.5 Å². The summed E-state index contributed by atoms with van der Waals surface area (Å²) < 4.78 is 41.7. The SMILES string of the molecule is FC(F)(F)Oc1ccc(-n2cc(C#Cc3ncccn3)c(Cl)n2)cc1. The van der Waals surface area contributed by atoms with Crippen molar-refractivity contribution in [2.45, 2.75) is 6.36 Å². The zero-order valence-corrected chi connectivity index (χ0v) is 13.1. The maximum atomic E-state index is 12.2. The second-order valence-electron chi connectivity index (χ2n) is 4.64. The number of halogens is 4. The largest absolute Gasteiger partial charge is 0.573 e. The van der Waals surface area contributed by atoms with Crippen molar-refractivity contribution >= 4 is 11.6 Å². The van der Waals surface area contributed by atoms with E-state index in [1.165, 1.54) is 28.9 Å². The highest BCUT2D eigenvalue weighted by atomic mass is 35.5. The van der Waals surface area contributed by atoms with Crippen molar-refractivity contribution in [2.24, 2.45) is 0 Å². The molecule has 2 heterocycles. The van der Waals surface area contributed by atoms with Crippen LogP contribution in [-0.2, 0) is 0 Å². The van der Waals surface area contributed by atoms with Gasteiger partial charge in [-0.15, -0.1) is 13.2 Å². The lowest BCUT2D eigenvalue weighted by Gasteiger charge is -2.09. The summed E-state index contributed by atoms with van der Waals surface area (Å²) in [6.07, 6.45) is -0.0596. The summed E-state index contributed by atoms with van der Waals surface area (Å²) in [5.74, 6) is 5.55. The van der Waals surface area contributed by atoms with Crippen LogP contribution in [0.5, 0.6) is 5.75 Å². The maximum Gasteiger partial charge on any atom is 0.573 e. The molecule has 0 unspecified atom stereocenters. The molecule has 25 heavy (non-hydrogen) atoms. The molecule has 0 saturated carbocycles. The molecule has 0 aliphatic rings. The third-order valence-corrected chi connectivity index (χ3v) is 3.16. The summed E-state index contributed by atoms with van der Waals surface area (Å²) >= 11 is 6.03. The predicted octanol–water partition coefficient (Wildman–Crippen LogP) is 3.61. The monoisotopic (exact) mass is 364 g/mol. The first-order chi connectivity index (χ1) is 11.9. The van der Waals surface area contributed by atoms with Gasteiger partial charge >= 0.3 is 6.36 Å². The van der Waals surface area contributed by atoms with Crippen molar-refractivity contribution in [3.63, 3.8) is 0 Å². The van der Waals surface area contributed by atoms with E-state index in [0.717, 1.165) is 0 Å². The molecule has 0 bridgehead atoms. The van der Waals surface area contributed by atoms with Gasteiger partial charge in [0.1, 0.15) is 5.75 Å². The summed E-state index contributed by atoms with van der Waals surface area (Å²) in [6.45, 7) is 0. The molecule has 0 atom stereocenters. The Morgan fingerprint density at radius 2 is 1.72 bits per heavy atom. The number of alkyl halides is 3. The maximum absolute atomic E-state index is 12.2. The highest BCUT2D eigenvalue weighted by Gasteiger charge is 2.30. The number of aromatic nitrogens is 4. The fourth-order valence-electron chi connectivity index (χ4n) is 1.86. The van der Waals surface area contributed by atoms with Gasteiger partial charge in [0.25, 0.3) is 0 Å². The van der Waals surface area contributed by atoms with E-state index in [9.17, 15) is 13.2 Å². The van der Waals surface area contributed by atoms with E-state index in [0.29, 0.717) is 17.1 Å². The average molecular weight is 365 g/mol. The van der Waals surface area contributed by atoms with Gasteiger partial charge in [0.05, 0.1) is 11.3 Å². The molecule has 1 aromatic carbocycles. The lowest BCUT2D eigenvalue weighted by molar-refractivity contribution is -0.274. The van der Waals surface area contributed by atoms with Crippen LogP contribution >= 0.6 is 11.6 Å². The van der Waals surface area contributed by atoms with E-state index in [-0.39, 0.29) is 10.9 Å². The molecule has 0 fully saturated rings. The van der Waals surface area contributed by atoms with Crippen molar-refractivity contribution in [1.82, 2.24) is 19.7 Å². The predicted molar refractivity (Wildman–Crippen MR) is 83.3 cm³/mol. The van der Waals surface area contributed by atoms with Crippen molar-refractivity contribution in [2.75, 3.05) is 0 Å². The van der Waals surface area contributed by atoms with Gasteiger partial charge in [-0.05, 0) is 36.3 Å². The van der Waals surface area contributed by atoms with Crippen molar-refractivity contribution in [3.8, 4) is 23.3 Å². The Hall–Kier alpha value is -3.05. The highest BCUT2D eigenvalue weighted by Crippen LogP contribution is 2.24. The van der Waals surface area contributed by atoms with E-state index in [4.69, 9.17) is 11.6 Å². The molecule has 126 valence electrons. The van der Waals surface area contributed by atoms with Crippen LogP contribution in [0.4, 0.5) is 13.2 Å². The number of ether oxygens (including phenoxy) is 1. The fraction of sp³-hybridized carbons (Fsp3) is 0.0625. The Labute approximate surface area is 145 Å². The summed E-state index contributed by atoms with van der Waals surface area (Å²) in [4.78, 5) is 7.93. The van der Waals surface area contributed by atoms with Gasteiger partial charge in [-0.25, -0.2) is 14.6 Å². The molecule has 9 heteroatoms. The summed E-state index contributed by atoms with van der Waals surface area (Å²) in [5, 5.41) is 4.23. The number of hydrogen-bond acceptors (Lipinski definition) is 4. The van der Waals surface area contributed by atoms with Crippen LogP contribution < -0.4 is 4.74 Å². The van der Waals surface area contributed by atoms with Crippen LogP contribution in [0.3, 0.4) is 0 Å². The van der Waals surface area contributed by atoms with Gasteiger partial charge in [0, 0.05) is 18.6 Å². The van der Waals surface area contributed by atoms with Crippen LogP contribution in [0, 0.1) is 11.8 Å². The van der Waals surface area contributed by atoms with Gasteiger partial charge in [-0.2, -0.15) is 5.10 Å². The van der Waals surface area contributed by atoms with Gasteiger partial charge in [-0.3, -0.25) is 0 Å². The molecule has 0 saturated heterocycles. The van der Waals surface area contributed by atoms with Gasteiger partial charge in [0.2, 0.25) is 5.82 Å². The molecule has 3 aromatic rings. The van der Waals surface area contributed by atoms with E-state index in [1.807, 2.05) is 0 Å². The lowest BCUT2D eigenvalue weighted by atomic mass is 10.3. The van der Waals surface area contributed by atoms with Gasteiger partial charge in [0.15, 0.2) is 5.15 Å². The molecule has 5 nitrogen and oxygen atoms in total. The smallest absolute Gasteiger partial charge is 0.406 e. The number of rotatable bonds is 2. The molecule has 0 aliphatic carbocycles. The minimum Gasteiger partial charge on any atom is -0.406 e. The molecule has 0 radical (unpaired) electrons. The van der Waals surface area contributed by atoms with Crippen LogP contribution in [0.15, 0.2) is 48.9 Å². The summed E-state index contributed by atoms with van der Waals surface area (Å²) in [5.41, 5.74) is 0.935. The van der Waals surface area contributed by atoms with E-state index < -0.39 is 6.36 Å². The zero-order valence-electron chi connectivity index (χ0n) is 12.3. The van der Waals surface area contributed by atoms with Crippen molar-refractivity contribution in [1.29, 1.82) is 0 Å². The molecule has 0 N–H and O–H groups in total. The van der Waals surface area contributed by atoms with Crippen LogP contribution in [-0.4, -0.2) is 26.1 Å². The summed E-state index contributed by atoms with van der Waals surface area (Å²) in [6, 6.07) is 6.87. The van der Waals surface area contributed by atoms with Crippen molar-refractivity contribution < 1.29 is 17.9 Å². The normalized spacial score (nSPS) is 10.9. The molecule has 2 aromatic heterocycles. The summed E-state index contributed by atoms with van der Waals surface area (Å²) in [7, 11) is 0. The first kappa shape index (κ1) is 16.8. The first-order valence-electron chi connectivity index (χ1n) is 6.81. The molecule has 3 rings (SSSR count). The fourth-order valence-corrected chi connectivity index (χ4v) is 2.03. The number of benzene rings is 1. The second kappa shape index (κ2) is 6.83. The molecule has 0 amide bonds. The van der Waals surface area contributed by atoms with E-state index in [2.05, 4.69) is 31.6 Å². The molecule has 0 spiro atoms. The Balaban J connectivity index is 1.82. The molecular weight excluding hydrogens is 357 g/mol.